The first-order valence-corrected chi connectivity index (χ1v) is 4.99. The molecule has 0 amide bonds. The van der Waals surface area contributed by atoms with Gasteiger partial charge < -0.3 is 5.32 Å². The van der Waals surface area contributed by atoms with Crippen LogP contribution in [0.5, 0.6) is 0 Å². The molecule has 2 heterocycles. The molecule has 0 saturated carbocycles. The molecule has 2 aromatic rings. The van der Waals surface area contributed by atoms with E-state index in [0.29, 0.717) is 0 Å². The van der Waals surface area contributed by atoms with Crippen molar-refractivity contribution in [2.45, 2.75) is 6.54 Å². The first kappa shape index (κ1) is 7.63. The van der Waals surface area contributed by atoms with Crippen LogP contribution in [0.3, 0.4) is 0 Å². The molecule has 1 N–H and O–H groups in total. The summed E-state index contributed by atoms with van der Waals surface area (Å²) in [5.41, 5.74) is 1.82. The van der Waals surface area contributed by atoms with Crippen LogP contribution >= 0.6 is 22.9 Å². The van der Waals surface area contributed by atoms with Gasteiger partial charge in [-0.25, -0.2) is 0 Å². The van der Waals surface area contributed by atoms with Crippen molar-refractivity contribution in [1.82, 2.24) is 14.6 Å². The fraction of sp³-hybridized carbons (Fsp3) is 0.167. The molecule has 12 heavy (non-hydrogen) atoms. The molecule has 6 heteroatoms. The molecule has 0 aromatic carbocycles. The summed E-state index contributed by atoms with van der Waals surface area (Å²) in [7, 11) is 0. The Balaban J connectivity index is 1.91. The third-order valence-electron chi connectivity index (χ3n) is 1.28. The van der Waals surface area contributed by atoms with Crippen LogP contribution in [0.25, 0.3) is 0 Å². The highest BCUT2D eigenvalue weighted by molar-refractivity contribution is 7.10. The van der Waals surface area contributed by atoms with Gasteiger partial charge in [0.1, 0.15) is 5.00 Å². The van der Waals surface area contributed by atoms with Crippen LogP contribution in [0.4, 0.5) is 5.00 Å². The average molecular weight is 198 g/mol. The minimum Gasteiger partial charge on any atom is -0.369 e. The summed E-state index contributed by atoms with van der Waals surface area (Å²) in [5, 5.41) is 7.90. The number of thiazole rings is 1. The Morgan fingerprint density at radius 3 is 3.08 bits per heavy atom. The van der Waals surface area contributed by atoms with Crippen LogP contribution in [0.2, 0.25) is 0 Å². The lowest BCUT2D eigenvalue weighted by atomic mass is 10.5. The van der Waals surface area contributed by atoms with E-state index in [1.54, 1.807) is 17.5 Å². The lowest BCUT2D eigenvalue weighted by Crippen LogP contribution is -1.94. The zero-order valence-electron chi connectivity index (χ0n) is 6.10. The Labute approximate surface area is 77.5 Å². The van der Waals surface area contributed by atoms with Gasteiger partial charge >= 0.3 is 0 Å². The van der Waals surface area contributed by atoms with E-state index in [1.807, 2.05) is 11.7 Å². The van der Waals surface area contributed by atoms with Gasteiger partial charge in [-0.1, -0.05) is 4.49 Å². The molecule has 0 unspecified atom stereocenters. The topological polar surface area (TPSA) is 50.7 Å². The Bertz CT molecular complexity index is 281. The number of anilines is 1. The smallest absolute Gasteiger partial charge is 0.130 e. The quantitative estimate of drug-likeness (QED) is 0.814. The van der Waals surface area contributed by atoms with Crippen molar-refractivity contribution in [3.63, 3.8) is 0 Å². The number of nitrogens with zero attached hydrogens (tertiary/aromatic N) is 3. The van der Waals surface area contributed by atoms with E-state index in [0.717, 1.165) is 11.5 Å². The lowest BCUT2D eigenvalue weighted by molar-refractivity contribution is 1.14. The zero-order chi connectivity index (χ0) is 8.23. The summed E-state index contributed by atoms with van der Waals surface area (Å²) >= 11 is 2.99. The molecule has 0 fully saturated rings. The molecule has 0 aliphatic rings. The summed E-state index contributed by atoms with van der Waals surface area (Å²) in [6.45, 7) is 0.800. The molecule has 0 aliphatic heterocycles. The summed E-state index contributed by atoms with van der Waals surface area (Å²) < 4.78 is 3.74. The predicted molar refractivity (Wildman–Crippen MR) is 49.3 cm³/mol. The normalized spacial score (nSPS) is 10.0. The SMILES string of the molecule is c1ncc(CNc2cnns2)s1. The summed E-state index contributed by atoms with van der Waals surface area (Å²) in [4.78, 5) is 5.18. The maximum absolute atomic E-state index is 3.97. The molecule has 4 nitrogen and oxygen atoms in total. The molecule has 0 saturated heterocycles. The maximum atomic E-state index is 3.97. The largest absolute Gasteiger partial charge is 0.369 e. The maximum Gasteiger partial charge on any atom is 0.130 e. The third-order valence-corrected chi connectivity index (χ3v) is 2.68. The van der Waals surface area contributed by atoms with Crippen molar-refractivity contribution >= 4 is 27.9 Å². The van der Waals surface area contributed by atoms with Crippen molar-refractivity contribution in [3.05, 3.63) is 22.8 Å². The molecule has 2 rings (SSSR count). The fourth-order valence-electron chi connectivity index (χ4n) is 0.749. The van der Waals surface area contributed by atoms with Gasteiger partial charge in [0.25, 0.3) is 0 Å². The summed E-state index contributed by atoms with van der Waals surface area (Å²) in [6.07, 6.45) is 3.57. The molecule has 2 aromatic heterocycles. The van der Waals surface area contributed by atoms with Crippen molar-refractivity contribution in [2.24, 2.45) is 0 Å². The summed E-state index contributed by atoms with van der Waals surface area (Å²) in [6, 6.07) is 0. The minimum absolute atomic E-state index is 0.800. The average Bonchev–Trinajstić information content (AvgIpc) is 2.74. The monoisotopic (exact) mass is 198 g/mol. The van der Waals surface area contributed by atoms with E-state index in [-0.39, 0.29) is 0 Å². The molecular formula is C6H6N4S2. The van der Waals surface area contributed by atoms with E-state index in [1.165, 1.54) is 16.4 Å². The second-order valence-corrected chi connectivity index (χ2v) is 3.86. The number of hydrogen-bond acceptors (Lipinski definition) is 6. The standard InChI is InChI=1S/C6H6N4S2/c1-5(11-4-7-1)2-8-6-3-9-10-12-6/h1,3-4,8H,2H2. The van der Waals surface area contributed by atoms with Gasteiger partial charge in [0.2, 0.25) is 0 Å². The number of aromatic nitrogens is 3. The number of hydrogen-bond donors (Lipinski definition) is 1. The van der Waals surface area contributed by atoms with Crippen molar-refractivity contribution in [2.75, 3.05) is 5.32 Å². The molecule has 0 atom stereocenters. The van der Waals surface area contributed by atoms with Gasteiger partial charge in [-0.15, -0.1) is 16.4 Å². The van der Waals surface area contributed by atoms with E-state index in [4.69, 9.17) is 0 Å². The second kappa shape index (κ2) is 3.59. The lowest BCUT2D eigenvalue weighted by Gasteiger charge is -1.96. The third kappa shape index (κ3) is 1.77. The highest BCUT2D eigenvalue weighted by Gasteiger charge is 1.96. The zero-order valence-corrected chi connectivity index (χ0v) is 7.73. The van der Waals surface area contributed by atoms with Crippen molar-refractivity contribution in [3.8, 4) is 0 Å². The second-order valence-electron chi connectivity index (χ2n) is 2.10. The number of nitrogens with one attached hydrogen (secondary N) is 1. The van der Waals surface area contributed by atoms with E-state index >= 15 is 0 Å². The number of rotatable bonds is 3. The van der Waals surface area contributed by atoms with Gasteiger partial charge in [-0.05, 0) is 0 Å². The molecule has 0 bridgehead atoms. The molecule has 0 aliphatic carbocycles. The van der Waals surface area contributed by atoms with Crippen LogP contribution < -0.4 is 5.32 Å². The van der Waals surface area contributed by atoms with Crippen LogP contribution in [0.15, 0.2) is 17.9 Å². The molecule has 62 valence electrons. The van der Waals surface area contributed by atoms with Gasteiger partial charge in [-0.3, -0.25) is 4.98 Å². The molecule has 0 spiro atoms. The van der Waals surface area contributed by atoms with Crippen LogP contribution in [0, 0.1) is 0 Å². The van der Waals surface area contributed by atoms with Gasteiger partial charge in [0, 0.05) is 22.6 Å². The fourth-order valence-corrected chi connectivity index (χ4v) is 1.70. The van der Waals surface area contributed by atoms with Gasteiger partial charge in [0.05, 0.1) is 18.3 Å². The van der Waals surface area contributed by atoms with Crippen LogP contribution in [-0.2, 0) is 6.54 Å². The summed E-state index contributed by atoms with van der Waals surface area (Å²) in [5.74, 6) is 0. The highest BCUT2D eigenvalue weighted by Crippen LogP contribution is 2.12. The van der Waals surface area contributed by atoms with E-state index < -0.39 is 0 Å². The highest BCUT2D eigenvalue weighted by atomic mass is 32.1. The molecular weight excluding hydrogens is 192 g/mol. The Kier molecular flexibility index (Phi) is 2.28. The van der Waals surface area contributed by atoms with Gasteiger partial charge in [-0.2, -0.15) is 0 Å². The Morgan fingerprint density at radius 2 is 2.42 bits per heavy atom. The van der Waals surface area contributed by atoms with E-state index in [2.05, 4.69) is 19.9 Å². The molecule has 0 radical (unpaired) electrons. The van der Waals surface area contributed by atoms with Crippen molar-refractivity contribution in [1.29, 1.82) is 0 Å². The Hall–Kier alpha value is -1.01. The Morgan fingerprint density at radius 1 is 1.42 bits per heavy atom. The first-order chi connectivity index (χ1) is 5.95. The minimum atomic E-state index is 0.800. The first-order valence-electron chi connectivity index (χ1n) is 3.34. The van der Waals surface area contributed by atoms with Crippen LogP contribution in [0.1, 0.15) is 4.88 Å². The predicted octanol–water partition coefficient (Wildman–Crippen LogP) is 1.61. The van der Waals surface area contributed by atoms with Crippen molar-refractivity contribution < 1.29 is 0 Å². The van der Waals surface area contributed by atoms with Crippen LogP contribution in [-0.4, -0.2) is 14.6 Å². The van der Waals surface area contributed by atoms with E-state index in [9.17, 15) is 0 Å². The van der Waals surface area contributed by atoms with Gasteiger partial charge in [0.15, 0.2) is 0 Å².